The zero-order chi connectivity index (χ0) is 12.1. The van der Waals surface area contributed by atoms with Gasteiger partial charge in [0, 0.05) is 11.4 Å². The SMILES string of the molecule is C[C@H](N)C(=O)NCC(c1cccs1)N(C)C.Cl.Cl. The summed E-state index contributed by atoms with van der Waals surface area (Å²) in [5, 5.41) is 4.89. The summed E-state index contributed by atoms with van der Waals surface area (Å²) in [6.45, 7) is 2.28. The first-order valence-corrected chi connectivity index (χ1v) is 6.13. The molecule has 0 spiro atoms. The molecular weight excluding hydrogens is 293 g/mol. The third-order valence-electron chi connectivity index (χ3n) is 2.38. The highest BCUT2D eigenvalue weighted by molar-refractivity contribution is 7.10. The summed E-state index contributed by atoms with van der Waals surface area (Å²) in [6.07, 6.45) is 0. The van der Waals surface area contributed by atoms with Crippen LogP contribution in [0.5, 0.6) is 0 Å². The van der Waals surface area contributed by atoms with E-state index in [-0.39, 0.29) is 36.8 Å². The highest BCUT2D eigenvalue weighted by atomic mass is 35.5. The second kappa shape index (κ2) is 9.58. The molecule has 18 heavy (non-hydrogen) atoms. The number of halogens is 2. The van der Waals surface area contributed by atoms with Crippen LogP contribution in [0, 0.1) is 0 Å². The maximum atomic E-state index is 11.4. The predicted molar refractivity (Wildman–Crippen MR) is 81.9 cm³/mol. The Labute approximate surface area is 125 Å². The van der Waals surface area contributed by atoms with Crippen molar-refractivity contribution < 1.29 is 4.79 Å². The number of nitrogens with zero attached hydrogens (tertiary/aromatic N) is 1. The number of amides is 1. The van der Waals surface area contributed by atoms with Gasteiger partial charge in [-0.3, -0.25) is 4.79 Å². The zero-order valence-corrected chi connectivity index (χ0v) is 13.2. The number of nitrogens with two attached hydrogens (primary N) is 1. The Bertz CT molecular complexity index is 331. The van der Waals surface area contributed by atoms with E-state index < -0.39 is 6.04 Å². The van der Waals surface area contributed by atoms with Crippen molar-refractivity contribution in [3.63, 3.8) is 0 Å². The van der Waals surface area contributed by atoms with Crippen LogP contribution in [0.4, 0.5) is 0 Å². The van der Waals surface area contributed by atoms with Gasteiger partial charge in [0.2, 0.25) is 5.91 Å². The van der Waals surface area contributed by atoms with Gasteiger partial charge in [0.25, 0.3) is 0 Å². The average Bonchev–Trinajstić information content (AvgIpc) is 2.70. The fourth-order valence-electron chi connectivity index (χ4n) is 1.38. The number of hydrogen-bond acceptors (Lipinski definition) is 4. The molecule has 0 aliphatic rings. The second-order valence-electron chi connectivity index (χ2n) is 4.03. The second-order valence-corrected chi connectivity index (χ2v) is 5.01. The molecule has 1 amide bonds. The van der Waals surface area contributed by atoms with Crippen LogP contribution in [0.15, 0.2) is 17.5 Å². The molecule has 0 saturated carbocycles. The molecule has 1 aromatic rings. The minimum atomic E-state index is -0.453. The van der Waals surface area contributed by atoms with Gasteiger partial charge >= 0.3 is 0 Å². The van der Waals surface area contributed by atoms with Crippen LogP contribution < -0.4 is 11.1 Å². The maximum absolute atomic E-state index is 11.4. The molecule has 106 valence electrons. The molecule has 1 rings (SSSR count). The summed E-state index contributed by atoms with van der Waals surface area (Å²) in [4.78, 5) is 14.7. The van der Waals surface area contributed by atoms with Gasteiger partial charge in [-0.05, 0) is 32.5 Å². The van der Waals surface area contributed by atoms with Crippen LogP contribution in [0.25, 0.3) is 0 Å². The minimum Gasteiger partial charge on any atom is -0.353 e. The van der Waals surface area contributed by atoms with Gasteiger partial charge in [-0.1, -0.05) is 6.07 Å². The van der Waals surface area contributed by atoms with Gasteiger partial charge in [0.05, 0.1) is 12.1 Å². The van der Waals surface area contributed by atoms with Crippen molar-refractivity contribution in [1.82, 2.24) is 10.2 Å². The van der Waals surface area contributed by atoms with Crippen molar-refractivity contribution in [2.45, 2.75) is 19.0 Å². The monoisotopic (exact) mass is 313 g/mol. The molecular formula is C11H21Cl2N3OS. The van der Waals surface area contributed by atoms with Crippen LogP contribution in [0.2, 0.25) is 0 Å². The van der Waals surface area contributed by atoms with Gasteiger partial charge in [-0.2, -0.15) is 0 Å². The lowest BCUT2D eigenvalue weighted by Crippen LogP contribution is -2.42. The number of rotatable bonds is 5. The number of likely N-dealkylation sites (N-methyl/N-ethyl adjacent to an activating group) is 1. The molecule has 0 saturated heterocycles. The van der Waals surface area contributed by atoms with E-state index in [2.05, 4.69) is 16.3 Å². The van der Waals surface area contributed by atoms with Crippen LogP contribution in [-0.2, 0) is 4.79 Å². The third kappa shape index (κ3) is 6.02. The zero-order valence-electron chi connectivity index (χ0n) is 10.8. The van der Waals surface area contributed by atoms with Crippen molar-refractivity contribution in [2.24, 2.45) is 5.73 Å². The first-order valence-electron chi connectivity index (χ1n) is 5.25. The highest BCUT2D eigenvalue weighted by Gasteiger charge is 2.16. The van der Waals surface area contributed by atoms with Gasteiger partial charge in [0.15, 0.2) is 0 Å². The van der Waals surface area contributed by atoms with Crippen LogP contribution >= 0.6 is 36.2 Å². The van der Waals surface area contributed by atoms with Gasteiger partial charge in [-0.25, -0.2) is 0 Å². The normalized spacial score (nSPS) is 13.2. The van der Waals surface area contributed by atoms with Crippen molar-refractivity contribution in [2.75, 3.05) is 20.6 Å². The van der Waals surface area contributed by atoms with E-state index in [1.807, 2.05) is 25.5 Å². The number of nitrogens with one attached hydrogen (secondary N) is 1. The first-order chi connectivity index (χ1) is 7.52. The maximum Gasteiger partial charge on any atom is 0.236 e. The third-order valence-corrected chi connectivity index (χ3v) is 3.35. The fraction of sp³-hybridized carbons (Fsp3) is 0.545. The average molecular weight is 314 g/mol. The Morgan fingerprint density at radius 2 is 2.11 bits per heavy atom. The number of thiophene rings is 1. The van der Waals surface area contributed by atoms with Gasteiger partial charge in [-0.15, -0.1) is 36.2 Å². The molecule has 0 radical (unpaired) electrons. The molecule has 7 heteroatoms. The summed E-state index contributed by atoms with van der Waals surface area (Å²) in [7, 11) is 4.00. The molecule has 0 aliphatic heterocycles. The Morgan fingerprint density at radius 3 is 2.50 bits per heavy atom. The molecule has 0 bridgehead atoms. The molecule has 0 aliphatic carbocycles. The quantitative estimate of drug-likeness (QED) is 0.869. The number of carbonyl (C=O) groups is 1. The Hall–Kier alpha value is -0.330. The summed E-state index contributed by atoms with van der Waals surface area (Å²) in [5.41, 5.74) is 5.49. The fourth-order valence-corrected chi connectivity index (χ4v) is 2.30. The molecule has 0 aromatic carbocycles. The van der Waals surface area contributed by atoms with Crippen LogP contribution in [-0.4, -0.2) is 37.5 Å². The lowest BCUT2D eigenvalue weighted by Gasteiger charge is -2.23. The molecule has 1 unspecified atom stereocenters. The topological polar surface area (TPSA) is 58.4 Å². The molecule has 0 fully saturated rings. The largest absolute Gasteiger partial charge is 0.353 e. The van der Waals surface area contributed by atoms with E-state index in [0.29, 0.717) is 6.54 Å². The van der Waals surface area contributed by atoms with E-state index in [1.165, 1.54) is 4.88 Å². The lowest BCUT2D eigenvalue weighted by atomic mass is 10.2. The highest BCUT2D eigenvalue weighted by Crippen LogP contribution is 2.22. The molecule has 1 aromatic heterocycles. The van der Waals surface area contributed by atoms with Crippen LogP contribution in [0.3, 0.4) is 0 Å². The predicted octanol–water partition coefficient (Wildman–Crippen LogP) is 1.66. The number of carbonyl (C=O) groups excluding carboxylic acids is 1. The van der Waals surface area contributed by atoms with Crippen molar-refractivity contribution in [1.29, 1.82) is 0 Å². The molecule has 3 N–H and O–H groups in total. The molecule has 1 heterocycles. The molecule has 2 atom stereocenters. The van der Waals surface area contributed by atoms with E-state index in [9.17, 15) is 4.79 Å². The van der Waals surface area contributed by atoms with E-state index in [4.69, 9.17) is 5.73 Å². The standard InChI is InChI=1S/C11H19N3OS.2ClH/c1-8(12)11(15)13-7-9(14(2)3)10-5-4-6-16-10;;/h4-6,8-9H,7,12H2,1-3H3,(H,13,15);2*1H/t8-,9?;;/m0../s1. The Balaban J connectivity index is 0. The smallest absolute Gasteiger partial charge is 0.236 e. The summed E-state index contributed by atoms with van der Waals surface area (Å²) >= 11 is 1.70. The first kappa shape index (κ1) is 20.0. The Kier molecular flexibility index (Phi) is 10.6. The summed E-state index contributed by atoms with van der Waals surface area (Å²) in [5.74, 6) is -0.108. The number of hydrogen-bond donors (Lipinski definition) is 2. The Morgan fingerprint density at radius 1 is 1.50 bits per heavy atom. The van der Waals surface area contributed by atoms with Gasteiger partial charge < -0.3 is 16.0 Å². The summed E-state index contributed by atoms with van der Waals surface area (Å²) < 4.78 is 0. The van der Waals surface area contributed by atoms with Crippen molar-refractivity contribution in [3.8, 4) is 0 Å². The van der Waals surface area contributed by atoms with Crippen molar-refractivity contribution in [3.05, 3.63) is 22.4 Å². The minimum absolute atomic E-state index is 0. The lowest BCUT2D eigenvalue weighted by molar-refractivity contribution is -0.122. The van der Waals surface area contributed by atoms with E-state index >= 15 is 0 Å². The van der Waals surface area contributed by atoms with Gasteiger partial charge in [0.1, 0.15) is 0 Å². The van der Waals surface area contributed by atoms with Crippen LogP contribution in [0.1, 0.15) is 17.8 Å². The van der Waals surface area contributed by atoms with Crippen molar-refractivity contribution >= 4 is 42.1 Å². The van der Waals surface area contributed by atoms with E-state index in [0.717, 1.165) is 0 Å². The van der Waals surface area contributed by atoms with E-state index in [1.54, 1.807) is 18.3 Å². The molecule has 4 nitrogen and oxygen atoms in total. The summed E-state index contributed by atoms with van der Waals surface area (Å²) in [6, 6.07) is 3.85.